The number of nitrogens with zero attached hydrogens (tertiary/aromatic N) is 2. The molecule has 0 radical (unpaired) electrons. The Morgan fingerprint density at radius 2 is 0.889 bits per heavy atom. The lowest BCUT2D eigenvalue weighted by atomic mass is 9.72. The van der Waals surface area contributed by atoms with Gasteiger partial charge in [-0.25, -0.2) is 9.59 Å². The van der Waals surface area contributed by atoms with Gasteiger partial charge in [0.1, 0.15) is 0 Å². The first kappa shape index (κ1) is 33.2. The van der Waals surface area contributed by atoms with Crippen LogP contribution in [0.25, 0.3) is 22.2 Å². The maximum atomic E-state index is 15.0. The molecule has 4 aromatic carbocycles. The highest BCUT2D eigenvalue weighted by molar-refractivity contribution is 5.90. The number of carbonyl (C=O) groups is 2. The Morgan fingerprint density at radius 3 is 1.22 bits per heavy atom. The van der Waals surface area contributed by atoms with Crippen molar-refractivity contribution >= 4 is 34.0 Å². The summed E-state index contributed by atoms with van der Waals surface area (Å²) in [4.78, 5) is 26.2. The summed E-state index contributed by atoms with van der Waals surface area (Å²) in [5.74, 6) is -1.44. The van der Waals surface area contributed by atoms with Crippen LogP contribution in [0.2, 0.25) is 0 Å². The van der Waals surface area contributed by atoms with Gasteiger partial charge in [0.15, 0.2) is 0 Å². The molecule has 6 rings (SSSR count). The molecule has 2 aromatic heterocycles. The van der Waals surface area contributed by atoms with E-state index in [0.29, 0.717) is 24.3 Å². The summed E-state index contributed by atoms with van der Waals surface area (Å²) in [7, 11) is 0. The van der Waals surface area contributed by atoms with Crippen molar-refractivity contribution in [3.8, 4) is 0 Å². The normalized spacial score (nSPS) is 12.0. The molecule has 0 atom stereocenters. The average molecular weight is 667 g/mol. The number of benzene rings is 4. The van der Waals surface area contributed by atoms with Gasteiger partial charge in [-0.1, -0.05) is 57.7 Å². The van der Waals surface area contributed by atoms with Gasteiger partial charge in [-0.05, 0) is 47.5 Å². The summed E-state index contributed by atoms with van der Waals surface area (Å²) < 4.78 is 102. The van der Waals surface area contributed by atoms with Gasteiger partial charge in [-0.15, -0.1) is 0 Å². The summed E-state index contributed by atoms with van der Waals surface area (Å²) in [6, 6.07) is 19.8. The third-order valence-electron chi connectivity index (χ3n) is 7.20. The number of aromatic nitrogens is 2. The average Bonchev–Trinajstić information content (AvgIpc) is 3.60. The van der Waals surface area contributed by atoms with Gasteiger partial charge in [0.05, 0.1) is 11.1 Å². The van der Waals surface area contributed by atoms with Crippen molar-refractivity contribution in [3.63, 3.8) is 0 Å². The number of fused-ring (bicyclic) bond motifs is 2. The Bertz CT molecular complexity index is 1860. The van der Waals surface area contributed by atoms with Gasteiger partial charge in [-0.3, -0.25) is 0 Å². The zero-order valence-corrected chi connectivity index (χ0v) is 24.0. The lowest BCUT2D eigenvalue weighted by molar-refractivity contribution is -0.548. The first-order valence-electron chi connectivity index (χ1n) is 12.6. The first-order valence-corrected chi connectivity index (χ1v) is 12.6. The van der Waals surface area contributed by atoms with Gasteiger partial charge in [0.25, 0.3) is 11.0 Å². The number of rotatable bonds is 4. The number of hydrogen-bond donors (Lipinski definition) is 0. The molecule has 6 aromatic rings. The molecule has 0 amide bonds. The van der Waals surface area contributed by atoms with Crippen molar-refractivity contribution in [3.05, 3.63) is 132 Å². The molecule has 0 aliphatic heterocycles. The molecule has 0 unspecified atom stereocenters. The summed E-state index contributed by atoms with van der Waals surface area (Å²) in [6.45, 7) is 0. The fourth-order valence-corrected chi connectivity index (χ4v) is 5.15. The molecule has 0 fully saturated rings. The van der Waals surface area contributed by atoms with Crippen LogP contribution in [0.1, 0.15) is 31.8 Å². The highest BCUT2D eigenvalue weighted by Crippen LogP contribution is 2.56. The molecular weight excluding hydrogens is 649 g/mol. The van der Waals surface area contributed by atoms with Crippen molar-refractivity contribution in [2.24, 2.45) is 0 Å². The Morgan fingerprint density at radius 1 is 0.533 bits per heavy atom. The minimum absolute atomic E-state index is 0. The molecule has 0 saturated heterocycles. The van der Waals surface area contributed by atoms with Gasteiger partial charge in [0.2, 0.25) is 16.6 Å². The van der Waals surface area contributed by atoms with Crippen LogP contribution in [0.15, 0.2) is 119 Å². The van der Waals surface area contributed by atoms with E-state index in [-0.39, 0.29) is 58.1 Å². The maximum absolute atomic E-state index is 15.0. The molecule has 0 spiro atoms. The van der Waals surface area contributed by atoms with Crippen molar-refractivity contribution in [1.29, 1.82) is 0 Å². The zero-order valence-electron chi connectivity index (χ0n) is 22.4. The van der Waals surface area contributed by atoms with Crippen LogP contribution < -0.4 is 33.9 Å². The van der Waals surface area contributed by atoms with E-state index in [1.54, 1.807) is 36.4 Å². The highest BCUT2D eigenvalue weighted by atomic mass is 35.5. The van der Waals surface area contributed by atoms with Crippen LogP contribution in [-0.2, 0) is 5.41 Å². The molecule has 0 aliphatic rings. The number of halogens is 8. The maximum Gasteiger partial charge on any atom is 0.427 e. The molecule has 14 heteroatoms. The Hall–Kier alpha value is -4.68. The number of oxazole rings is 2. The van der Waals surface area contributed by atoms with Gasteiger partial charge in [0, 0.05) is 12.1 Å². The predicted molar refractivity (Wildman–Crippen MR) is 138 cm³/mol. The number of alkyl halides is 6. The van der Waals surface area contributed by atoms with Gasteiger partial charge in [-0.2, -0.15) is 26.3 Å². The second kappa shape index (κ2) is 12.0. The molecule has 45 heavy (non-hydrogen) atoms. The van der Waals surface area contributed by atoms with E-state index in [1.807, 2.05) is 0 Å². The van der Waals surface area contributed by atoms with E-state index in [1.165, 1.54) is 24.3 Å². The van der Waals surface area contributed by atoms with E-state index in [9.17, 15) is 9.59 Å². The second-order valence-corrected chi connectivity index (χ2v) is 9.64. The van der Waals surface area contributed by atoms with E-state index < -0.39 is 40.7 Å². The summed E-state index contributed by atoms with van der Waals surface area (Å²) >= 11 is 0. The molecule has 232 valence electrons. The monoisotopic (exact) mass is 666 g/mol. The van der Waals surface area contributed by atoms with Crippen molar-refractivity contribution in [1.82, 2.24) is 0 Å². The Balaban J connectivity index is 0.00000230. The van der Waals surface area contributed by atoms with Crippen LogP contribution in [0.3, 0.4) is 0 Å². The molecular formula is C31H18Cl2F6N2O4. The molecule has 0 saturated carbocycles. The van der Waals surface area contributed by atoms with Gasteiger partial charge < -0.3 is 33.6 Å². The lowest BCUT2D eigenvalue weighted by Crippen LogP contribution is -3.00. The summed E-state index contributed by atoms with van der Waals surface area (Å²) in [5, 5.41) is 0. The van der Waals surface area contributed by atoms with Crippen LogP contribution in [0, 0.1) is 0 Å². The van der Waals surface area contributed by atoms with E-state index in [4.69, 9.17) is 8.83 Å². The van der Waals surface area contributed by atoms with Crippen LogP contribution >= 0.6 is 0 Å². The Labute approximate surface area is 262 Å². The second-order valence-electron chi connectivity index (χ2n) is 9.64. The summed E-state index contributed by atoms with van der Waals surface area (Å²) in [5.41, 5.74) is -7.54. The topological polar surface area (TPSA) is 68.2 Å². The van der Waals surface area contributed by atoms with Crippen LogP contribution in [-0.4, -0.2) is 24.2 Å². The number of carbonyl (C=O) groups excluding carboxylic acids is 2. The van der Waals surface area contributed by atoms with Crippen molar-refractivity contribution < 1.29 is 78.7 Å². The quantitative estimate of drug-likeness (QED) is 0.204. The highest BCUT2D eigenvalue weighted by Gasteiger charge is 2.73. The van der Waals surface area contributed by atoms with Crippen molar-refractivity contribution in [2.45, 2.75) is 17.8 Å². The lowest BCUT2D eigenvalue weighted by Gasteiger charge is -2.37. The SMILES string of the molecule is O=C(c1ccccc1)[n+]1coc2ccc(C(c3ccc4oc[n+](C(=O)c5ccccc5)c4c3)(C(F)(F)F)C(F)(F)F)cc21.[Cl-].[Cl-]. The van der Waals surface area contributed by atoms with Crippen LogP contribution in [0.5, 0.6) is 0 Å². The fraction of sp³-hybridized carbons (Fsp3) is 0.0968. The Kier molecular flexibility index (Phi) is 8.87. The fourth-order valence-electron chi connectivity index (χ4n) is 5.15. The number of hydrogen-bond acceptors (Lipinski definition) is 4. The molecule has 0 bridgehead atoms. The molecule has 0 N–H and O–H groups in total. The molecule has 2 heterocycles. The minimum Gasteiger partial charge on any atom is -1.00 e. The smallest absolute Gasteiger partial charge is 0.427 e. The summed E-state index contributed by atoms with van der Waals surface area (Å²) in [6.07, 6.45) is -10.0. The molecule has 0 aliphatic carbocycles. The van der Waals surface area contributed by atoms with Crippen molar-refractivity contribution in [2.75, 3.05) is 0 Å². The minimum atomic E-state index is -5.93. The van der Waals surface area contributed by atoms with Crippen LogP contribution in [0.4, 0.5) is 26.3 Å². The third kappa shape index (κ3) is 5.33. The largest absolute Gasteiger partial charge is 1.00 e. The first-order chi connectivity index (χ1) is 20.4. The third-order valence-corrected chi connectivity index (χ3v) is 7.20. The van der Waals surface area contributed by atoms with E-state index in [0.717, 1.165) is 34.1 Å². The molecule has 6 nitrogen and oxygen atoms in total. The van der Waals surface area contributed by atoms with Gasteiger partial charge >= 0.3 is 37.0 Å². The van der Waals surface area contributed by atoms with E-state index in [2.05, 4.69) is 0 Å². The van der Waals surface area contributed by atoms with E-state index >= 15 is 26.3 Å². The predicted octanol–water partition coefficient (Wildman–Crippen LogP) is 0.550. The standard InChI is InChI=1S/C31H18F6N2O4.2ClH/c32-30(33,34)29(31(35,36)37,21-11-13-25-23(15-21)38(17-42-25)27(40)19-7-3-1-4-8-19)22-12-14-26-24(16-22)39(18-43-26)28(41)20-9-5-2-6-10-20;;/h1-18H;2*1H/q+2;;/p-2. The zero-order chi connectivity index (χ0) is 30.6.